The minimum absolute atomic E-state index is 0.131. The Morgan fingerprint density at radius 3 is 2.44 bits per heavy atom. The third kappa shape index (κ3) is 6.63. The number of hydrogen-bond acceptors (Lipinski definition) is 7. The van der Waals surface area contributed by atoms with Crippen LogP contribution in [0.2, 0.25) is 0 Å². The van der Waals surface area contributed by atoms with E-state index in [1.807, 2.05) is 81.4 Å². The van der Waals surface area contributed by atoms with Crippen LogP contribution in [0.5, 0.6) is 0 Å². The molecule has 0 unspecified atom stereocenters. The molecule has 0 aliphatic carbocycles. The quantitative estimate of drug-likeness (QED) is 0.196. The van der Waals surface area contributed by atoms with Gasteiger partial charge in [-0.15, -0.1) is 10.2 Å². The number of aromatic amines is 1. The molecule has 3 aromatic carbocycles. The molecule has 0 aliphatic rings. The van der Waals surface area contributed by atoms with E-state index in [9.17, 15) is 9.59 Å². The molecule has 10 nitrogen and oxygen atoms in total. The molecule has 10 heteroatoms. The lowest BCUT2D eigenvalue weighted by Gasteiger charge is -2.23. The number of benzene rings is 3. The zero-order chi connectivity index (χ0) is 30.3. The standard InChI is InChI=1S/C33H37N7O3/c1-5-9-30-34-29-17-16-25(39(18-6-2)33(42)43-21-22(3)4)19-28(29)32(41)40(30)20-23-12-14-24(15-13-23)26-10-7-8-11-27(26)31-35-37-38-36-31/h7-8,10-17,19,22H,5-6,9,18,20-21H2,1-4H3,(H,35,36,37,38). The number of amides is 1. The molecule has 1 N–H and O–H groups in total. The number of fused-ring (bicyclic) bond motifs is 1. The summed E-state index contributed by atoms with van der Waals surface area (Å²) in [5, 5.41) is 15.0. The Labute approximate surface area is 250 Å². The second-order valence-electron chi connectivity index (χ2n) is 11.0. The van der Waals surface area contributed by atoms with E-state index in [0.717, 1.165) is 40.9 Å². The molecule has 5 aromatic rings. The molecule has 2 heterocycles. The van der Waals surface area contributed by atoms with Crippen molar-refractivity contribution in [3.63, 3.8) is 0 Å². The van der Waals surface area contributed by atoms with Crippen molar-refractivity contribution < 1.29 is 9.53 Å². The summed E-state index contributed by atoms with van der Waals surface area (Å²) in [6, 6.07) is 21.5. The van der Waals surface area contributed by atoms with Crippen molar-refractivity contribution >= 4 is 22.7 Å². The van der Waals surface area contributed by atoms with E-state index in [4.69, 9.17) is 9.72 Å². The van der Waals surface area contributed by atoms with Crippen LogP contribution in [0, 0.1) is 5.92 Å². The first-order chi connectivity index (χ1) is 20.9. The van der Waals surface area contributed by atoms with E-state index < -0.39 is 6.09 Å². The first-order valence-corrected chi connectivity index (χ1v) is 14.8. The van der Waals surface area contributed by atoms with Crippen molar-refractivity contribution in [2.45, 2.75) is 53.5 Å². The predicted molar refractivity (Wildman–Crippen MR) is 168 cm³/mol. The van der Waals surface area contributed by atoms with Crippen LogP contribution >= 0.6 is 0 Å². The molecular weight excluding hydrogens is 542 g/mol. The van der Waals surface area contributed by atoms with Crippen molar-refractivity contribution in [2.75, 3.05) is 18.1 Å². The maximum absolute atomic E-state index is 14.0. The average molecular weight is 580 g/mol. The minimum atomic E-state index is -0.410. The van der Waals surface area contributed by atoms with Crippen LogP contribution in [0.4, 0.5) is 10.5 Å². The Kier molecular flexibility index (Phi) is 9.24. The van der Waals surface area contributed by atoms with Crippen LogP contribution in [-0.2, 0) is 17.7 Å². The fourth-order valence-electron chi connectivity index (χ4n) is 5.04. The highest BCUT2D eigenvalue weighted by molar-refractivity contribution is 5.91. The molecule has 5 rings (SSSR count). The predicted octanol–water partition coefficient (Wildman–Crippen LogP) is 6.25. The number of aryl methyl sites for hydroxylation is 1. The summed E-state index contributed by atoms with van der Waals surface area (Å²) >= 11 is 0. The van der Waals surface area contributed by atoms with Gasteiger partial charge in [-0.3, -0.25) is 14.3 Å². The summed E-state index contributed by atoms with van der Waals surface area (Å²) in [6.07, 6.45) is 1.87. The van der Waals surface area contributed by atoms with Crippen molar-refractivity contribution in [2.24, 2.45) is 5.92 Å². The Balaban J connectivity index is 1.48. The maximum atomic E-state index is 14.0. The van der Waals surface area contributed by atoms with E-state index >= 15 is 0 Å². The number of hydrogen-bond donors (Lipinski definition) is 1. The fourth-order valence-corrected chi connectivity index (χ4v) is 5.04. The van der Waals surface area contributed by atoms with E-state index in [1.54, 1.807) is 15.5 Å². The summed E-state index contributed by atoms with van der Waals surface area (Å²) in [4.78, 5) is 33.4. The second-order valence-corrected chi connectivity index (χ2v) is 11.0. The molecule has 1 amide bonds. The SMILES string of the molecule is CCCc1nc2ccc(N(CCC)C(=O)OCC(C)C)cc2c(=O)n1Cc1ccc(-c2ccccc2-c2nn[nH]n2)cc1. The van der Waals surface area contributed by atoms with E-state index in [1.165, 1.54) is 0 Å². The van der Waals surface area contributed by atoms with E-state index in [-0.39, 0.29) is 11.5 Å². The summed E-state index contributed by atoms with van der Waals surface area (Å²) in [5.74, 6) is 1.50. The topological polar surface area (TPSA) is 119 Å². The van der Waals surface area contributed by atoms with Crippen molar-refractivity contribution in [1.82, 2.24) is 30.2 Å². The smallest absolute Gasteiger partial charge is 0.414 e. The van der Waals surface area contributed by atoms with Crippen LogP contribution in [0.1, 0.15) is 51.9 Å². The number of carbonyl (C=O) groups excluding carboxylic acids is 1. The molecule has 0 fully saturated rings. The van der Waals surface area contributed by atoms with Gasteiger partial charge in [0.05, 0.1) is 24.1 Å². The van der Waals surface area contributed by atoms with Gasteiger partial charge in [-0.2, -0.15) is 5.21 Å². The second kappa shape index (κ2) is 13.4. The Bertz CT molecular complexity index is 1750. The van der Waals surface area contributed by atoms with Gasteiger partial charge >= 0.3 is 6.09 Å². The molecular formula is C33H37N7O3. The van der Waals surface area contributed by atoms with E-state index in [2.05, 4.69) is 27.5 Å². The summed E-state index contributed by atoms with van der Waals surface area (Å²) < 4.78 is 7.26. The highest BCUT2D eigenvalue weighted by Crippen LogP contribution is 2.30. The molecule has 0 saturated heterocycles. The summed E-state index contributed by atoms with van der Waals surface area (Å²) in [6.45, 7) is 9.28. The normalized spacial score (nSPS) is 11.3. The molecule has 0 radical (unpaired) electrons. The maximum Gasteiger partial charge on any atom is 0.414 e. The van der Waals surface area contributed by atoms with Gasteiger partial charge in [0.1, 0.15) is 5.82 Å². The molecule has 0 saturated carbocycles. The van der Waals surface area contributed by atoms with E-state index in [0.29, 0.717) is 48.5 Å². The number of rotatable bonds is 11. The Morgan fingerprint density at radius 2 is 1.77 bits per heavy atom. The third-order valence-corrected chi connectivity index (χ3v) is 7.13. The lowest BCUT2D eigenvalue weighted by atomic mass is 9.98. The number of ether oxygens (including phenoxy) is 1. The number of tetrazole rings is 1. The molecule has 43 heavy (non-hydrogen) atoms. The van der Waals surface area contributed by atoms with Gasteiger partial charge in [0.15, 0.2) is 0 Å². The summed E-state index contributed by atoms with van der Waals surface area (Å²) in [5.41, 5.74) is 4.96. The highest BCUT2D eigenvalue weighted by atomic mass is 16.6. The minimum Gasteiger partial charge on any atom is -0.449 e. The number of aromatic nitrogens is 6. The largest absolute Gasteiger partial charge is 0.449 e. The first-order valence-electron chi connectivity index (χ1n) is 14.8. The number of nitrogens with zero attached hydrogens (tertiary/aromatic N) is 6. The van der Waals surface area contributed by atoms with Gasteiger partial charge in [0, 0.05) is 24.2 Å². The van der Waals surface area contributed by atoms with Gasteiger partial charge in [0.2, 0.25) is 5.82 Å². The van der Waals surface area contributed by atoms with Crippen molar-refractivity contribution in [3.8, 4) is 22.5 Å². The zero-order valence-corrected chi connectivity index (χ0v) is 25.1. The molecule has 0 atom stereocenters. The molecule has 0 spiro atoms. The van der Waals surface area contributed by atoms with Crippen molar-refractivity contribution in [3.05, 3.63) is 88.5 Å². The fraction of sp³-hybridized carbons (Fsp3) is 0.333. The van der Waals surface area contributed by atoms with Crippen LogP contribution in [0.3, 0.4) is 0 Å². The molecule has 2 aromatic heterocycles. The van der Waals surface area contributed by atoms with Gasteiger partial charge in [-0.05, 0) is 58.9 Å². The molecule has 0 bridgehead atoms. The van der Waals surface area contributed by atoms with Gasteiger partial charge in [-0.25, -0.2) is 9.78 Å². The number of H-pyrrole nitrogens is 1. The van der Waals surface area contributed by atoms with Crippen LogP contribution < -0.4 is 10.5 Å². The van der Waals surface area contributed by atoms with Crippen LogP contribution in [-0.4, -0.2) is 49.4 Å². The lowest BCUT2D eigenvalue weighted by molar-refractivity contribution is 0.140. The van der Waals surface area contributed by atoms with Gasteiger partial charge < -0.3 is 4.74 Å². The number of anilines is 1. The van der Waals surface area contributed by atoms with Gasteiger partial charge in [0.25, 0.3) is 5.56 Å². The van der Waals surface area contributed by atoms with Crippen molar-refractivity contribution in [1.29, 1.82) is 0 Å². The van der Waals surface area contributed by atoms with Gasteiger partial charge in [-0.1, -0.05) is 76.2 Å². The first kappa shape index (κ1) is 29.6. The lowest BCUT2D eigenvalue weighted by Crippen LogP contribution is -2.33. The summed E-state index contributed by atoms with van der Waals surface area (Å²) in [7, 11) is 0. The number of carbonyl (C=O) groups is 1. The Morgan fingerprint density at radius 1 is 1.00 bits per heavy atom. The number of nitrogens with one attached hydrogen (secondary N) is 1. The average Bonchev–Trinajstić information content (AvgIpc) is 3.56. The Hall–Kier alpha value is -4.86. The third-order valence-electron chi connectivity index (χ3n) is 7.13. The van der Waals surface area contributed by atoms with Crippen LogP contribution in [0.15, 0.2) is 71.5 Å². The molecule has 0 aliphatic heterocycles. The highest BCUT2D eigenvalue weighted by Gasteiger charge is 2.20. The van der Waals surface area contributed by atoms with Crippen LogP contribution in [0.25, 0.3) is 33.4 Å². The zero-order valence-electron chi connectivity index (χ0n) is 25.1. The monoisotopic (exact) mass is 579 g/mol. The molecule has 222 valence electrons.